The minimum absolute atomic E-state index is 0.0787. The maximum atomic E-state index is 13.3. The molecule has 0 fully saturated rings. The summed E-state index contributed by atoms with van der Waals surface area (Å²) >= 11 is 11.6. The lowest BCUT2D eigenvalue weighted by atomic mass is 10.1. The number of sulfonamides is 1. The first kappa shape index (κ1) is 25.2. The van der Waals surface area contributed by atoms with Crippen LogP contribution in [-0.4, -0.2) is 47.4 Å². The van der Waals surface area contributed by atoms with Crippen molar-refractivity contribution >= 4 is 44.8 Å². The predicted molar refractivity (Wildman–Crippen MR) is 109 cm³/mol. The molecule has 13 heteroatoms. The number of halogens is 5. The number of alkyl halides is 3. The molecule has 0 heterocycles. The Kier molecular flexibility index (Phi) is 7.82. The third-order valence-corrected chi connectivity index (χ3v) is 6.39. The van der Waals surface area contributed by atoms with Gasteiger partial charge >= 0.3 is 6.18 Å². The van der Waals surface area contributed by atoms with Crippen LogP contribution in [0, 0.1) is 0 Å². The predicted octanol–water partition coefficient (Wildman–Crippen LogP) is 4.44. The van der Waals surface area contributed by atoms with Crippen LogP contribution in [0.3, 0.4) is 0 Å². The van der Waals surface area contributed by atoms with Crippen LogP contribution in [0.5, 0.6) is 0 Å². The van der Waals surface area contributed by atoms with Crippen molar-refractivity contribution in [1.29, 1.82) is 0 Å². The highest BCUT2D eigenvalue weighted by Crippen LogP contribution is 2.37. The van der Waals surface area contributed by atoms with E-state index in [2.05, 4.69) is 0 Å². The summed E-state index contributed by atoms with van der Waals surface area (Å²) < 4.78 is 71.8. The van der Waals surface area contributed by atoms with Gasteiger partial charge in [-0.25, -0.2) is 17.8 Å². The number of nitrogens with zero attached hydrogens (tertiary/aromatic N) is 2. The molecular formula is C18H17Cl2F3N2O5S. The minimum atomic E-state index is -4.88. The first-order valence-corrected chi connectivity index (χ1v) is 10.5. The molecule has 0 bridgehead atoms. The number of carbonyl (C=O) groups excluding carboxylic acids is 1. The highest BCUT2D eigenvalue weighted by Gasteiger charge is 2.36. The van der Waals surface area contributed by atoms with E-state index in [1.165, 1.54) is 39.5 Å². The van der Waals surface area contributed by atoms with E-state index in [-0.39, 0.29) is 16.3 Å². The number of hydroxylamine groups is 2. The zero-order valence-electron chi connectivity index (χ0n) is 16.4. The van der Waals surface area contributed by atoms with E-state index in [1.807, 2.05) is 0 Å². The average molecular weight is 501 g/mol. The maximum Gasteiger partial charge on any atom is 0.417 e. The summed E-state index contributed by atoms with van der Waals surface area (Å²) in [5, 5.41) is 0.258. The number of hydrogen-bond donors (Lipinski definition) is 0. The SMILES string of the molecule is COCN(c1cc(Cl)ccc1C(=O)N(C)OC)S(=O)(=O)c1ccc(Cl)c(C(F)(F)F)c1. The van der Waals surface area contributed by atoms with Crippen LogP contribution >= 0.6 is 23.2 Å². The molecule has 1 amide bonds. The van der Waals surface area contributed by atoms with Crippen molar-refractivity contribution in [2.45, 2.75) is 11.1 Å². The summed E-state index contributed by atoms with van der Waals surface area (Å²) in [5.41, 5.74) is -1.68. The number of anilines is 1. The molecule has 0 saturated heterocycles. The van der Waals surface area contributed by atoms with Crippen molar-refractivity contribution in [3.63, 3.8) is 0 Å². The van der Waals surface area contributed by atoms with Crippen LogP contribution in [0.2, 0.25) is 10.0 Å². The van der Waals surface area contributed by atoms with Crippen molar-refractivity contribution in [2.75, 3.05) is 32.3 Å². The van der Waals surface area contributed by atoms with Crippen LogP contribution in [0.4, 0.5) is 18.9 Å². The molecule has 170 valence electrons. The Labute approximate surface area is 186 Å². The van der Waals surface area contributed by atoms with Crippen molar-refractivity contribution < 1.29 is 36.0 Å². The van der Waals surface area contributed by atoms with Crippen molar-refractivity contribution in [3.8, 4) is 0 Å². The molecule has 2 aromatic carbocycles. The number of ether oxygens (including phenoxy) is 1. The van der Waals surface area contributed by atoms with Crippen LogP contribution < -0.4 is 4.31 Å². The van der Waals surface area contributed by atoms with E-state index in [0.29, 0.717) is 10.4 Å². The molecule has 0 aliphatic rings. The van der Waals surface area contributed by atoms with E-state index in [4.69, 9.17) is 32.8 Å². The van der Waals surface area contributed by atoms with E-state index < -0.39 is 44.3 Å². The van der Waals surface area contributed by atoms with Gasteiger partial charge in [0.25, 0.3) is 15.9 Å². The largest absolute Gasteiger partial charge is 0.417 e. The summed E-state index contributed by atoms with van der Waals surface area (Å²) in [6.07, 6.45) is -4.88. The topological polar surface area (TPSA) is 76.2 Å². The van der Waals surface area contributed by atoms with Gasteiger partial charge in [-0.05, 0) is 36.4 Å². The number of benzene rings is 2. The van der Waals surface area contributed by atoms with E-state index in [0.717, 1.165) is 17.2 Å². The average Bonchev–Trinajstić information content (AvgIpc) is 2.70. The van der Waals surface area contributed by atoms with Gasteiger partial charge < -0.3 is 4.74 Å². The van der Waals surface area contributed by atoms with Crippen molar-refractivity contribution in [3.05, 3.63) is 57.6 Å². The van der Waals surface area contributed by atoms with Gasteiger partial charge in [-0.15, -0.1) is 0 Å². The fourth-order valence-electron chi connectivity index (χ4n) is 2.54. The molecule has 0 aromatic heterocycles. The summed E-state index contributed by atoms with van der Waals surface area (Å²) in [7, 11) is -0.940. The molecule has 0 N–H and O–H groups in total. The zero-order chi connectivity index (χ0) is 23.6. The monoisotopic (exact) mass is 500 g/mol. The van der Waals surface area contributed by atoms with Crippen LogP contribution in [-0.2, 0) is 25.8 Å². The number of methoxy groups -OCH3 is 1. The number of hydrogen-bond acceptors (Lipinski definition) is 5. The third-order valence-electron chi connectivity index (χ3n) is 4.10. The molecule has 0 aliphatic carbocycles. The Morgan fingerprint density at radius 2 is 1.74 bits per heavy atom. The third kappa shape index (κ3) is 5.42. The molecule has 2 aromatic rings. The number of amides is 1. The second-order valence-electron chi connectivity index (χ2n) is 6.06. The van der Waals surface area contributed by atoms with Crippen LogP contribution in [0.25, 0.3) is 0 Å². The maximum absolute atomic E-state index is 13.3. The molecule has 0 unspecified atom stereocenters. The Balaban J connectivity index is 2.72. The van der Waals surface area contributed by atoms with Crippen molar-refractivity contribution in [1.82, 2.24) is 5.06 Å². The quantitative estimate of drug-likeness (QED) is 0.414. The molecule has 0 atom stereocenters. The second kappa shape index (κ2) is 9.61. The normalized spacial score (nSPS) is 12.0. The molecule has 0 spiro atoms. The van der Waals surface area contributed by atoms with Crippen LogP contribution in [0.1, 0.15) is 15.9 Å². The summed E-state index contributed by atoms with van der Waals surface area (Å²) in [4.78, 5) is 16.8. The number of rotatable bonds is 7. The van der Waals surface area contributed by atoms with E-state index >= 15 is 0 Å². The summed E-state index contributed by atoms with van der Waals surface area (Å²) in [5.74, 6) is -0.724. The lowest BCUT2D eigenvalue weighted by Crippen LogP contribution is -2.35. The van der Waals surface area contributed by atoms with Gasteiger partial charge in [0.2, 0.25) is 0 Å². The first-order chi connectivity index (χ1) is 14.3. The van der Waals surface area contributed by atoms with Gasteiger partial charge in [-0.2, -0.15) is 13.2 Å². The Morgan fingerprint density at radius 3 is 2.29 bits per heavy atom. The smallest absolute Gasteiger partial charge is 0.363 e. The fourth-order valence-corrected chi connectivity index (χ4v) is 4.35. The Hall–Kier alpha value is -2.05. The van der Waals surface area contributed by atoms with Crippen molar-refractivity contribution in [2.24, 2.45) is 0 Å². The number of carbonyl (C=O) groups is 1. The highest BCUT2D eigenvalue weighted by molar-refractivity contribution is 7.92. The van der Waals surface area contributed by atoms with Gasteiger partial charge in [-0.1, -0.05) is 23.2 Å². The lowest BCUT2D eigenvalue weighted by molar-refractivity contribution is -0.137. The van der Waals surface area contributed by atoms with Crippen LogP contribution in [0.15, 0.2) is 41.3 Å². The second-order valence-corrected chi connectivity index (χ2v) is 8.76. The molecule has 2 rings (SSSR count). The minimum Gasteiger partial charge on any atom is -0.363 e. The zero-order valence-corrected chi connectivity index (χ0v) is 18.7. The highest BCUT2D eigenvalue weighted by atomic mass is 35.5. The van der Waals surface area contributed by atoms with E-state index in [1.54, 1.807) is 0 Å². The lowest BCUT2D eigenvalue weighted by Gasteiger charge is -2.27. The fraction of sp³-hybridized carbons (Fsp3) is 0.278. The Bertz CT molecular complexity index is 1080. The standard InChI is InChI=1S/C18H17Cl2F3N2O5S/c1-24(30-3)17(26)13-6-4-11(19)8-16(13)25(10-29-2)31(27,28)12-5-7-15(20)14(9-12)18(21,22)23/h4-9H,10H2,1-3H3. The molecule has 7 nitrogen and oxygen atoms in total. The molecule has 31 heavy (non-hydrogen) atoms. The molecule has 0 saturated carbocycles. The summed E-state index contributed by atoms with van der Waals surface area (Å²) in [6.45, 7) is -0.621. The molecule has 0 aliphatic heterocycles. The Morgan fingerprint density at radius 1 is 1.10 bits per heavy atom. The van der Waals surface area contributed by atoms with E-state index in [9.17, 15) is 26.4 Å². The van der Waals surface area contributed by atoms with Gasteiger partial charge in [0, 0.05) is 19.2 Å². The first-order valence-electron chi connectivity index (χ1n) is 8.34. The van der Waals surface area contributed by atoms with Gasteiger partial charge in [0.05, 0.1) is 33.8 Å². The van der Waals surface area contributed by atoms with Gasteiger partial charge in [0.1, 0.15) is 6.73 Å². The molecule has 0 radical (unpaired) electrons. The summed E-state index contributed by atoms with van der Waals surface area (Å²) in [6, 6.07) is 5.94. The molecular weight excluding hydrogens is 484 g/mol. The van der Waals surface area contributed by atoms with Gasteiger partial charge in [0.15, 0.2) is 0 Å². The van der Waals surface area contributed by atoms with Gasteiger partial charge in [-0.3, -0.25) is 9.63 Å².